The standard InChI is InChI=1S/C51H62N10O9/c1-60-45(58-59-48(60)43-22-23-52-35-55-43)33-53-38-12-9-11-37(31-38)49(64)54-32-36-16-18-39(19-17-36)70-26-8-3-2-6-24-67-27-29-69-30-28-68-25-7-4-5-15-46(62)56-42-14-10-13-40-41(42)34-61(51(40)66)44-20-21-47(63)57-50(44)65/h9-14,16-19,22-23,31,35,44,53H,2-8,15,20-21,24-30,32-34H2,1H3,(H,54,64)(H,56,62)(H,57,63,65). The first-order valence-corrected chi connectivity index (χ1v) is 24.0. The van der Waals surface area contributed by atoms with Crippen LogP contribution in [0.15, 0.2) is 85.3 Å². The van der Waals surface area contributed by atoms with Crippen molar-refractivity contribution in [3.8, 4) is 17.3 Å². The second-order valence-electron chi connectivity index (χ2n) is 17.0. The van der Waals surface area contributed by atoms with E-state index in [-0.39, 0.29) is 43.0 Å². The van der Waals surface area contributed by atoms with Crippen molar-refractivity contribution in [1.82, 2.24) is 40.3 Å². The van der Waals surface area contributed by atoms with Crippen LogP contribution in [0.1, 0.15) is 102 Å². The lowest BCUT2D eigenvalue weighted by atomic mass is 10.0. The van der Waals surface area contributed by atoms with E-state index < -0.39 is 11.9 Å². The number of imide groups is 1. The molecule has 4 N–H and O–H groups in total. The molecule has 3 aromatic carbocycles. The Hall–Kier alpha value is -7.09. The summed E-state index contributed by atoms with van der Waals surface area (Å²) >= 11 is 0. The number of carbonyl (C=O) groups excluding carboxylic acids is 5. The summed E-state index contributed by atoms with van der Waals surface area (Å²) < 4.78 is 24.8. The summed E-state index contributed by atoms with van der Waals surface area (Å²) in [6, 6.07) is 21.4. The molecule has 5 aromatic rings. The van der Waals surface area contributed by atoms with Gasteiger partial charge in [-0.05, 0) is 92.6 Å². The van der Waals surface area contributed by atoms with Gasteiger partial charge in [0.05, 0.1) is 39.6 Å². The Morgan fingerprint density at radius 2 is 1.51 bits per heavy atom. The summed E-state index contributed by atoms with van der Waals surface area (Å²) in [4.78, 5) is 72.3. The van der Waals surface area contributed by atoms with E-state index in [0.717, 1.165) is 61.3 Å². The van der Waals surface area contributed by atoms with Crippen LogP contribution >= 0.6 is 0 Å². The minimum atomic E-state index is -0.704. The van der Waals surface area contributed by atoms with Crippen molar-refractivity contribution in [2.75, 3.05) is 56.9 Å². The number of ether oxygens (including phenoxy) is 4. The molecular weight excluding hydrogens is 897 g/mol. The van der Waals surface area contributed by atoms with E-state index >= 15 is 0 Å². The van der Waals surface area contributed by atoms with Gasteiger partial charge in [0.25, 0.3) is 11.8 Å². The zero-order valence-electron chi connectivity index (χ0n) is 39.7. The summed E-state index contributed by atoms with van der Waals surface area (Å²) in [7, 11) is 1.88. The van der Waals surface area contributed by atoms with Gasteiger partial charge in [-0.2, -0.15) is 0 Å². The van der Waals surface area contributed by atoms with Crippen molar-refractivity contribution < 1.29 is 42.9 Å². The zero-order valence-corrected chi connectivity index (χ0v) is 39.7. The van der Waals surface area contributed by atoms with Gasteiger partial charge in [-0.3, -0.25) is 29.3 Å². The van der Waals surface area contributed by atoms with Crippen LogP contribution in [0.4, 0.5) is 11.4 Å². The van der Waals surface area contributed by atoms with Gasteiger partial charge in [0.15, 0.2) is 11.6 Å². The Bertz CT molecular complexity index is 2520. The lowest BCUT2D eigenvalue weighted by Gasteiger charge is -2.29. The predicted octanol–water partition coefficient (Wildman–Crippen LogP) is 5.76. The van der Waals surface area contributed by atoms with Crippen molar-refractivity contribution >= 4 is 40.9 Å². The number of anilines is 2. The summed E-state index contributed by atoms with van der Waals surface area (Å²) in [5.41, 5.74) is 4.72. The molecule has 7 rings (SSSR count). The number of nitrogens with one attached hydrogen (secondary N) is 4. The number of amides is 5. The van der Waals surface area contributed by atoms with Crippen LogP contribution in [-0.2, 0) is 55.3 Å². The van der Waals surface area contributed by atoms with E-state index in [1.807, 2.05) is 54.1 Å². The average Bonchev–Trinajstić information content (AvgIpc) is 3.92. The van der Waals surface area contributed by atoms with E-state index in [0.29, 0.717) is 106 Å². The van der Waals surface area contributed by atoms with Gasteiger partial charge in [0.2, 0.25) is 17.7 Å². The van der Waals surface area contributed by atoms with E-state index in [9.17, 15) is 24.0 Å². The normalized spacial score (nSPS) is 14.3. The van der Waals surface area contributed by atoms with Gasteiger partial charge in [-0.1, -0.05) is 37.1 Å². The maximum absolute atomic E-state index is 13.0. The number of carbonyl (C=O) groups is 5. The monoisotopic (exact) mass is 958 g/mol. The molecule has 370 valence electrons. The highest BCUT2D eigenvalue weighted by Gasteiger charge is 2.40. The van der Waals surface area contributed by atoms with Gasteiger partial charge < -0.3 is 44.4 Å². The molecule has 1 fully saturated rings. The van der Waals surface area contributed by atoms with Crippen molar-refractivity contribution in [2.45, 2.75) is 89.9 Å². The van der Waals surface area contributed by atoms with Crippen LogP contribution in [0.25, 0.3) is 11.5 Å². The molecule has 1 atom stereocenters. The number of piperidine rings is 1. The highest BCUT2D eigenvalue weighted by Crippen LogP contribution is 2.32. The van der Waals surface area contributed by atoms with E-state index in [1.165, 1.54) is 11.2 Å². The molecular formula is C51H62N10O9. The number of hydrogen-bond acceptors (Lipinski definition) is 14. The van der Waals surface area contributed by atoms with Crippen LogP contribution in [0, 0.1) is 0 Å². The van der Waals surface area contributed by atoms with Crippen LogP contribution in [-0.4, -0.2) is 111 Å². The predicted molar refractivity (Wildman–Crippen MR) is 259 cm³/mol. The quantitative estimate of drug-likeness (QED) is 0.0330. The number of hydrogen-bond donors (Lipinski definition) is 4. The minimum Gasteiger partial charge on any atom is -0.494 e. The van der Waals surface area contributed by atoms with E-state index in [4.69, 9.17) is 18.9 Å². The molecule has 19 heteroatoms. The summed E-state index contributed by atoms with van der Waals surface area (Å²) in [6.07, 6.45) is 10.3. The number of unbranched alkanes of at least 4 members (excludes halogenated alkanes) is 5. The van der Waals surface area contributed by atoms with Gasteiger partial charge in [0, 0.05) is 80.5 Å². The Kier molecular flexibility index (Phi) is 19.3. The molecule has 4 heterocycles. The topological polar surface area (TPSA) is 230 Å². The maximum Gasteiger partial charge on any atom is 0.255 e. The highest BCUT2D eigenvalue weighted by atomic mass is 16.5. The Balaban J connectivity index is 0.637. The summed E-state index contributed by atoms with van der Waals surface area (Å²) in [5, 5.41) is 20.1. The molecule has 0 radical (unpaired) electrons. The lowest BCUT2D eigenvalue weighted by Crippen LogP contribution is -2.52. The number of fused-ring (bicyclic) bond motifs is 1. The summed E-state index contributed by atoms with van der Waals surface area (Å²) in [6.45, 7) is 4.96. The molecule has 0 bridgehead atoms. The number of nitrogens with zero attached hydrogens (tertiary/aromatic N) is 6. The molecule has 2 aliphatic heterocycles. The lowest BCUT2D eigenvalue weighted by molar-refractivity contribution is -0.137. The van der Waals surface area contributed by atoms with Gasteiger partial charge in [-0.15, -0.1) is 10.2 Å². The Morgan fingerprint density at radius 1 is 0.786 bits per heavy atom. The largest absolute Gasteiger partial charge is 0.494 e. The first kappa shape index (κ1) is 50.8. The van der Waals surface area contributed by atoms with Gasteiger partial charge in [0.1, 0.15) is 23.8 Å². The molecule has 1 unspecified atom stereocenters. The fourth-order valence-electron chi connectivity index (χ4n) is 8.07. The third-order valence-electron chi connectivity index (χ3n) is 12.0. The third-order valence-corrected chi connectivity index (χ3v) is 12.0. The number of aromatic nitrogens is 5. The molecule has 0 spiro atoms. The first-order valence-electron chi connectivity index (χ1n) is 24.0. The van der Waals surface area contributed by atoms with Crippen LogP contribution < -0.4 is 26.0 Å². The molecule has 70 heavy (non-hydrogen) atoms. The third kappa shape index (κ3) is 15.0. The van der Waals surface area contributed by atoms with Crippen LogP contribution in [0.5, 0.6) is 5.75 Å². The Morgan fingerprint density at radius 3 is 2.26 bits per heavy atom. The SMILES string of the molecule is Cn1c(CNc2cccc(C(=O)NCc3ccc(OCCCCCCOCCOCCOCCCCCC(=O)Nc4cccc5c4CN(C4CCC(=O)NC4=O)C5=O)cc3)c2)nnc1-c1ccncn1. The fourth-order valence-corrected chi connectivity index (χ4v) is 8.07. The number of rotatable bonds is 29. The molecule has 5 amide bonds. The van der Waals surface area contributed by atoms with Crippen molar-refractivity contribution in [3.63, 3.8) is 0 Å². The molecule has 19 nitrogen and oxygen atoms in total. The average molecular weight is 959 g/mol. The number of benzene rings is 3. The molecule has 0 aliphatic carbocycles. The van der Waals surface area contributed by atoms with Crippen LogP contribution in [0.3, 0.4) is 0 Å². The smallest absolute Gasteiger partial charge is 0.255 e. The minimum absolute atomic E-state index is 0.135. The fraction of sp³-hybridized carbons (Fsp3) is 0.431. The second-order valence-corrected chi connectivity index (χ2v) is 17.0. The molecule has 1 saturated heterocycles. The van der Waals surface area contributed by atoms with Gasteiger partial charge in [-0.25, -0.2) is 9.97 Å². The second kappa shape index (κ2) is 26.6. The first-order chi connectivity index (χ1) is 34.2. The van der Waals surface area contributed by atoms with Crippen LogP contribution in [0.2, 0.25) is 0 Å². The molecule has 2 aromatic heterocycles. The molecule has 2 aliphatic rings. The van der Waals surface area contributed by atoms with E-state index in [2.05, 4.69) is 41.4 Å². The summed E-state index contributed by atoms with van der Waals surface area (Å²) in [5.74, 6) is 0.794. The van der Waals surface area contributed by atoms with Gasteiger partial charge >= 0.3 is 0 Å². The highest BCUT2D eigenvalue weighted by molar-refractivity contribution is 6.06. The Labute approximate surface area is 407 Å². The van der Waals surface area contributed by atoms with E-state index in [1.54, 1.807) is 36.5 Å². The molecule has 0 saturated carbocycles. The van der Waals surface area contributed by atoms with Crippen molar-refractivity contribution in [3.05, 3.63) is 113 Å². The van der Waals surface area contributed by atoms with Crippen molar-refractivity contribution in [2.24, 2.45) is 7.05 Å². The zero-order chi connectivity index (χ0) is 48.9. The maximum atomic E-state index is 13.0. The van der Waals surface area contributed by atoms with Crippen molar-refractivity contribution in [1.29, 1.82) is 0 Å².